The summed E-state index contributed by atoms with van der Waals surface area (Å²) in [4.78, 5) is 8.37. The van der Waals surface area contributed by atoms with Crippen LogP contribution in [0.2, 0.25) is 0 Å². The largest absolute Gasteiger partial charge is 0.393 e. The standard InChI is InChI=1S/C18H20N4O4/c1-18(9-23)14(25)13(24)16(26-18)22-8-12(10-5-3-2-4-6-10)11-7-20-17(19)21-15(11)22/h2-8,13-14,16,23-25H,9H2,1H3,(H2,19,20,21)/t13-,14+,16+,18+/m0/s1. The Morgan fingerprint density at radius 1 is 1.27 bits per heavy atom. The summed E-state index contributed by atoms with van der Waals surface area (Å²) < 4.78 is 7.45. The number of aliphatic hydroxyl groups is 3. The number of rotatable bonds is 3. The summed E-state index contributed by atoms with van der Waals surface area (Å²) in [5, 5.41) is 31.1. The van der Waals surface area contributed by atoms with E-state index in [4.69, 9.17) is 10.5 Å². The maximum atomic E-state index is 10.5. The van der Waals surface area contributed by atoms with E-state index in [9.17, 15) is 15.3 Å². The van der Waals surface area contributed by atoms with Crippen molar-refractivity contribution >= 4 is 17.0 Å². The van der Waals surface area contributed by atoms with Crippen LogP contribution in [0.4, 0.5) is 5.95 Å². The van der Waals surface area contributed by atoms with Crippen LogP contribution in [0.15, 0.2) is 42.7 Å². The number of nitrogens with zero attached hydrogens (tertiary/aromatic N) is 3. The Bertz CT molecular complexity index is 945. The second kappa shape index (κ2) is 6.03. The number of benzene rings is 1. The lowest BCUT2D eigenvalue weighted by Crippen LogP contribution is -2.43. The third-order valence-electron chi connectivity index (χ3n) is 4.89. The highest BCUT2D eigenvalue weighted by Gasteiger charge is 2.52. The minimum atomic E-state index is -1.27. The molecule has 8 heteroatoms. The lowest BCUT2D eigenvalue weighted by Gasteiger charge is -2.24. The van der Waals surface area contributed by atoms with Gasteiger partial charge in [-0.05, 0) is 12.5 Å². The first-order chi connectivity index (χ1) is 12.4. The van der Waals surface area contributed by atoms with E-state index in [1.54, 1.807) is 23.9 Å². The topological polar surface area (TPSA) is 127 Å². The monoisotopic (exact) mass is 356 g/mol. The predicted octanol–water partition coefficient (Wildman–Crippen LogP) is 0.682. The van der Waals surface area contributed by atoms with E-state index in [-0.39, 0.29) is 5.95 Å². The Hall–Kier alpha value is -2.52. The van der Waals surface area contributed by atoms with E-state index >= 15 is 0 Å². The van der Waals surface area contributed by atoms with Crippen LogP contribution in [-0.4, -0.2) is 54.3 Å². The first-order valence-electron chi connectivity index (χ1n) is 8.28. The molecule has 4 atom stereocenters. The molecule has 2 aromatic heterocycles. The summed E-state index contributed by atoms with van der Waals surface area (Å²) in [6, 6.07) is 9.67. The fraction of sp³-hybridized carbons (Fsp3) is 0.333. The van der Waals surface area contributed by atoms with Crippen LogP contribution in [0.5, 0.6) is 0 Å². The average Bonchev–Trinajstić information content (AvgIpc) is 3.13. The van der Waals surface area contributed by atoms with Gasteiger partial charge in [-0.1, -0.05) is 30.3 Å². The van der Waals surface area contributed by atoms with E-state index in [1.807, 2.05) is 30.3 Å². The van der Waals surface area contributed by atoms with Crippen LogP contribution in [-0.2, 0) is 4.74 Å². The first-order valence-corrected chi connectivity index (χ1v) is 8.28. The number of ether oxygens (including phenoxy) is 1. The van der Waals surface area contributed by atoms with Gasteiger partial charge in [0.05, 0.1) is 6.61 Å². The zero-order chi connectivity index (χ0) is 18.5. The summed E-state index contributed by atoms with van der Waals surface area (Å²) >= 11 is 0. The number of nitrogens with two attached hydrogens (primary N) is 1. The van der Waals surface area contributed by atoms with Crippen molar-refractivity contribution in [3.8, 4) is 11.1 Å². The van der Waals surface area contributed by atoms with Gasteiger partial charge in [-0.2, -0.15) is 4.98 Å². The van der Waals surface area contributed by atoms with E-state index in [2.05, 4.69) is 9.97 Å². The van der Waals surface area contributed by atoms with Gasteiger partial charge in [0.1, 0.15) is 23.5 Å². The molecular formula is C18H20N4O4. The van der Waals surface area contributed by atoms with Gasteiger partial charge in [0, 0.05) is 23.3 Å². The molecule has 3 aromatic rings. The molecule has 1 aliphatic rings. The summed E-state index contributed by atoms with van der Waals surface area (Å²) in [6.45, 7) is 1.12. The van der Waals surface area contributed by atoms with Gasteiger partial charge < -0.3 is 30.4 Å². The Balaban J connectivity index is 1.90. The number of anilines is 1. The van der Waals surface area contributed by atoms with E-state index in [1.165, 1.54) is 0 Å². The van der Waals surface area contributed by atoms with Gasteiger partial charge in [-0.15, -0.1) is 0 Å². The van der Waals surface area contributed by atoms with Gasteiger partial charge >= 0.3 is 0 Å². The minimum absolute atomic E-state index is 0.0921. The first kappa shape index (κ1) is 16.9. The fourth-order valence-electron chi connectivity index (χ4n) is 3.37. The van der Waals surface area contributed by atoms with Crippen molar-refractivity contribution in [2.24, 2.45) is 0 Å². The van der Waals surface area contributed by atoms with Crippen molar-refractivity contribution in [1.82, 2.24) is 14.5 Å². The second-order valence-corrected chi connectivity index (χ2v) is 6.70. The van der Waals surface area contributed by atoms with Crippen molar-refractivity contribution in [3.63, 3.8) is 0 Å². The van der Waals surface area contributed by atoms with Crippen molar-refractivity contribution < 1.29 is 20.1 Å². The lowest BCUT2D eigenvalue weighted by molar-refractivity contribution is -0.115. The minimum Gasteiger partial charge on any atom is -0.393 e. The molecule has 136 valence electrons. The van der Waals surface area contributed by atoms with Crippen molar-refractivity contribution in [3.05, 3.63) is 42.7 Å². The van der Waals surface area contributed by atoms with Gasteiger partial charge in [0.2, 0.25) is 5.95 Å². The van der Waals surface area contributed by atoms with Crippen molar-refractivity contribution in [2.45, 2.75) is 31.0 Å². The van der Waals surface area contributed by atoms with Crippen LogP contribution >= 0.6 is 0 Å². The maximum absolute atomic E-state index is 10.5. The van der Waals surface area contributed by atoms with Crippen LogP contribution in [0, 0.1) is 0 Å². The molecule has 1 fully saturated rings. The normalized spacial score (nSPS) is 28.7. The Morgan fingerprint density at radius 2 is 2.00 bits per heavy atom. The summed E-state index contributed by atoms with van der Waals surface area (Å²) in [5.74, 6) is 0.0921. The zero-order valence-corrected chi connectivity index (χ0v) is 14.1. The van der Waals surface area contributed by atoms with Gasteiger partial charge in [-0.3, -0.25) is 0 Å². The van der Waals surface area contributed by atoms with E-state index < -0.39 is 30.6 Å². The molecule has 0 bridgehead atoms. The highest BCUT2D eigenvalue weighted by atomic mass is 16.6. The highest BCUT2D eigenvalue weighted by molar-refractivity contribution is 5.94. The molecule has 26 heavy (non-hydrogen) atoms. The van der Waals surface area contributed by atoms with E-state index in [0.29, 0.717) is 5.65 Å². The smallest absolute Gasteiger partial charge is 0.221 e. The van der Waals surface area contributed by atoms with Crippen LogP contribution in [0.3, 0.4) is 0 Å². The highest BCUT2D eigenvalue weighted by Crippen LogP contribution is 2.40. The molecule has 1 saturated heterocycles. The Morgan fingerprint density at radius 3 is 2.65 bits per heavy atom. The number of hydrogen-bond donors (Lipinski definition) is 4. The van der Waals surface area contributed by atoms with Gasteiger partial charge in [0.25, 0.3) is 0 Å². The molecule has 0 saturated carbocycles. The molecule has 4 rings (SSSR count). The number of aromatic nitrogens is 3. The third-order valence-corrected chi connectivity index (χ3v) is 4.89. The second-order valence-electron chi connectivity index (χ2n) is 6.70. The molecule has 0 unspecified atom stereocenters. The molecule has 0 aliphatic carbocycles. The molecule has 0 spiro atoms. The maximum Gasteiger partial charge on any atom is 0.221 e. The average molecular weight is 356 g/mol. The van der Waals surface area contributed by atoms with Gasteiger partial charge in [-0.25, -0.2) is 4.98 Å². The molecule has 3 heterocycles. The van der Waals surface area contributed by atoms with Crippen LogP contribution in [0.25, 0.3) is 22.2 Å². The summed E-state index contributed by atoms with van der Waals surface area (Å²) in [6.07, 6.45) is 0.0189. The number of fused-ring (bicyclic) bond motifs is 1. The summed E-state index contributed by atoms with van der Waals surface area (Å²) in [5.41, 5.74) is 6.76. The molecule has 0 radical (unpaired) electrons. The van der Waals surface area contributed by atoms with Crippen molar-refractivity contribution in [1.29, 1.82) is 0 Å². The Kier molecular flexibility index (Phi) is 3.92. The third kappa shape index (κ3) is 2.46. The molecular weight excluding hydrogens is 336 g/mol. The lowest BCUT2D eigenvalue weighted by atomic mass is 9.99. The molecule has 1 aromatic carbocycles. The zero-order valence-electron chi connectivity index (χ0n) is 14.1. The number of nitrogen functional groups attached to an aromatic ring is 1. The Labute approximate surface area is 149 Å². The summed E-state index contributed by atoms with van der Waals surface area (Å²) in [7, 11) is 0. The molecule has 1 aliphatic heterocycles. The van der Waals surface area contributed by atoms with Crippen LogP contribution in [0.1, 0.15) is 13.2 Å². The SMILES string of the molecule is C[C@]1(CO)O[C@@H](n2cc(-c3ccccc3)c3cnc(N)nc32)[C@@H](O)[C@H]1O. The van der Waals surface area contributed by atoms with E-state index in [0.717, 1.165) is 16.5 Å². The number of aliphatic hydroxyl groups excluding tert-OH is 3. The van der Waals surface area contributed by atoms with Gasteiger partial charge in [0.15, 0.2) is 6.23 Å². The predicted molar refractivity (Wildman–Crippen MR) is 95.0 cm³/mol. The molecule has 8 nitrogen and oxygen atoms in total. The fourth-order valence-corrected chi connectivity index (χ4v) is 3.37. The molecule has 0 amide bonds. The van der Waals surface area contributed by atoms with Crippen molar-refractivity contribution in [2.75, 3.05) is 12.3 Å². The quantitative estimate of drug-likeness (QED) is 0.543. The molecule has 5 N–H and O–H groups in total. The van der Waals surface area contributed by atoms with Crippen LogP contribution < -0.4 is 5.73 Å². The number of hydrogen-bond acceptors (Lipinski definition) is 7.